The number of halogens is 2. The fraction of sp³-hybridized carbons (Fsp3) is 0.667. The van der Waals surface area contributed by atoms with Gasteiger partial charge in [-0.1, -0.05) is 49.4 Å². The zero-order valence-corrected chi connectivity index (χ0v) is 13.7. The summed E-state index contributed by atoms with van der Waals surface area (Å²) < 4.78 is 0. The number of rotatable bonds is 5. The molecule has 1 aromatic rings. The van der Waals surface area contributed by atoms with Crippen LogP contribution < -0.4 is 10.6 Å². The van der Waals surface area contributed by atoms with Gasteiger partial charge in [-0.05, 0) is 31.7 Å². The average Bonchev–Trinajstić information content (AvgIpc) is 2.45. The maximum atomic E-state index is 6.27. The Morgan fingerprint density at radius 2 is 1.85 bits per heavy atom. The lowest BCUT2D eigenvalue weighted by molar-refractivity contribution is 0.317. The average molecular weight is 316 g/mol. The van der Waals surface area contributed by atoms with Crippen LogP contribution in [0, 0.1) is 5.92 Å². The zero-order chi connectivity index (χ0) is 14.5. The number of aromatic nitrogens is 1. The van der Waals surface area contributed by atoms with Crippen LogP contribution in [0.5, 0.6) is 0 Å². The Labute approximate surface area is 131 Å². The van der Waals surface area contributed by atoms with Gasteiger partial charge < -0.3 is 10.6 Å². The van der Waals surface area contributed by atoms with Crippen molar-refractivity contribution in [3.8, 4) is 0 Å². The predicted molar refractivity (Wildman–Crippen MR) is 88.1 cm³/mol. The molecule has 1 aromatic heterocycles. The fourth-order valence-corrected chi connectivity index (χ4v) is 3.40. The molecule has 0 bridgehead atoms. The lowest BCUT2D eigenvalue weighted by Gasteiger charge is -2.32. The summed E-state index contributed by atoms with van der Waals surface area (Å²) in [6.07, 6.45) is 6.29. The molecule has 20 heavy (non-hydrogen) atoms. The summed E-state index contributed by atoms with van der Waals surface area (Å²) in [4.78, 5) is 4.54. The molecule has 5 heteroatoms. The quantitative estimate of drug-likeness (QED) is 0.784. The minimum Gasteiger partial charge on any atom is -0.369 e. The predicted octanol–water partition coefficient (Wildman–Crippen LogP) is 5.20. The number of nitrogens with zero attached hydrogens (tertiary/aromatic N) is 1. The molecule has 1 fully saturated rings. The minimum absolute atomic E-state index is 0.467. The molecule has 0 radical (unpaired) electrons. The van der Waals surface area contributed by atoms with E-state index < -0.39 is 0 Å². The third-order valence-electron chi connectivity index (χ3n) is 4.03. The van der Waals surface area contributed by atoms with E-state index in [2.05, 4.69) is 22.5 Å². The Morgan fingerprint density at radius 3 is 2.55 bits per heavy atom. The first-order valence-electron chi connectivity index (χ1n) is 7.52. The molecule has 2 N–H and O–H groups in total. The van der Waals surface area contributed by atoms with Crippen LogP contribution in [0.4, 0.5) is 11.6 Å². The van der Waals surface area contributed by atoms with Crippen molar-refractivity contribution in [3.05, 3.63) is 16.1 Å². The number of pyridine rings is 1. The molecule has 0 amide bonds. The number of anilines is 2. The Bertz CT molecular complexity index is 451. The molecule has 1 aliphatic carbocycles. The van der Waals surface area contributed by atoms with Gasteiger partial charge in [-0.25, -0.2) is 4.98 Å². The minimum atomic E-state index is 0.467. The molecule has 2 rings (SSSR count). The van der Waals surface area contributed by atoms with Crippen molar-refractivity contribution in [1.29, 1.82) is 0 Å². The fourth-order valence-electron chi connectivity index (χ4n) is 2.92. The van der Waals surface area contributed by atoms with Gasteiger partial charge in [0.25, 0.3) is 0 Å². The van der Waals surface area contributed by atoms with Crippen LogP contribution in [-0.2, 0) is 0 Å². The van der Waals surface area contributed by atoms with Gasteiger partial charge in [-0.3, -0.25) is 0 Å². The van der Waals surface area contributed by atoms with Crippen LogP contribution >= 0.6 is 23.2 Å². The van der Waals surface area contributed by atoms with E-state index >= 15 is 0 Å². The monoisotopic (exact) mass is 315 g/mol. The van der Waals surface area contributed by atoms with E-state index in [1.165, 1.54) is 32.1 Å². The molecule has 3 nitrogen and oxygen atoms in total. The summed E-state index contributed by atoms with van der Waals surface area (Å²) in [5.41, 5.74) is 0. The van der Waals surface area contributed by atoms with Crippen molar-refractivity contribution in [3.63, 3.8) is 0 Å². The first-order chi connectivity index (χ1) is 9.65. The first-order valence-corrected chi connectivity index (χ1v) is 8.27. The van der Waals surface area contributed by atoms with Crippen LogP contribution in [0.15, 0.2) is 6.07 Å². The van der Waals surface area contributed by atoms with Gasteiger partial charge in [0.15, 0.2) is 0 Å². The maximum absolute atomic E-state index is 6.27. The van der Waals surface area contributed by atoms with Gasteiger partial charge in [-0.2, -0.15) is 0 Å². The van der Waals surface area contributed by atoms with Gasteiger partial charge >= 0.3 is 0 Å². The number of nitrogens with one attached hydrogen (secondary N) is 2. The summed E-state index contributed by atoms with van der Waals surface area (Å²) in [6, 6.07) is 2.23. The third-order valence-corrected chi connectivity index (χ3v) is 4.61. The molecule has 1 aliphatic rings. The lowest BCUT2D eigenvalue weighted by Crippen LogP contribution is -2.32. The summed E-state index contributed by atoms with van der Waals surface area (Å²) in [5, 5.41) is 7.86. The van der Waals surface area contributed by atoms with E-state index in [1.807, 2.05) is 6.92 Å². The molecule has 1 saturated carbocycles. The van der Waals surface area contributed by atoms with Crippen molar-refractivity contribution < 1.29 is 0 Å². The van der Waals surface area contributed by atoms with Crippen molar-refractivity contribution in [2.45, 2.75) is 52.0 Å². The molecule has 0 aromatic carbocycles. The largest absolute Gasteiger partial charge is 0.369 e. The standard InChI is InChI=1S/C15H23Cl2N3/c1-3-10-7-5-6-8-13(10)19-15-12(17)9-11(16)14(20-15)18-4-2/h9-10,13H,3-8H2,1-2H3,(H2,18,19,20). The van der Waals surface area contributed by atoms with Crippen molar-refractivity contribution >= 4 is 34.8 Å². The smallest absolute Gasteiger partial charge is 0.147 e. The van der Waals surface area contributed by atoms with E-state index in [4.69, 9.17) is 23.2 Å². The molecular weight excluding hydrogens is 293 g/mol. The van der Waals surface area contributed by atoms with Gasteiger partial charge in [0.1, 0.15) is 11.6 Å². The summed E-state index contributed by atoms with van der Waals surface area (Å²) in [7, 11) is 0. The molecule has 0 aliphatic heterocycles. The lowest BCUT2D eigenvalue weighted by atomic mass is 9.83. The second-order valence-corrected chi connectivity index (χ2v) is 6.20. The van der Waals surface area contributed by atoms with E-state index in [-0.39, 0.29) is 0 Å². The molecule has 112 valence electrons. The zero-order valence-electron chi connectivity index (χ0n) is 12.2. The number of hydrogen-bond donors (Lipinski definition) is 2. The Kier molecular flexibility index (Phi) is 5.79. The van der Waals surface area contributed by atoms with Crippen molar-refractivity contribution in [1.82, 2.24) is 4.98 Å². The molecule has 2 atom stereocenters. The van der Waals surface area contributed by atoms with Crippen LogP contribution in [-0.4, -0.2) is 17.6 Å². The normalized spacial score (nSPS) is 22.6. The maximum Gasteiger partial charge on any atom is 0.147 e. The van der Waals surface area contributed by atoms with E-state index in [0.29, 0.717) is 27.8 Å². The van der Waals surface area contributed by atoms with Crippen LogP contribution in [0.3, 0.4) is 0 Å². The van der Waals surface area contributed by atoms with Crippen LogP contribution in [0.2, 0.25) is 10.0 Å². The Balaban J connectivity index is 2.17. The topological polar surface area (TPSA) is 37.0 Å². The molecule has 1 heterocycles. The molecule has 0 saturated heterocycles. The molecule has 2 unspecified atom stereocenters. The SMILES string of the molecule is CCNc1nc(NC2CCCCC2CC)c(Cl)cc1Cl. The highest BCUT2D eigenvalue weighted by Crippen LogP contribution is 2.33. The second kappa shape index (κ2) is 7.37. The van der Waals surface area contributed by atoms with E-state index in [1.54, 1.807) is 6.07 Å². The van der Waals surface area contributed by atoms with E-state index in [9.17, 15) is 0 Å². The van der Waals surface area contributed by atoms with Gasteiger partial charge in [0.2, 0.25) is 0 Å². The highest BCUT2D eigenvalue weighted by molar-refractivity contribution is 6.37. The van der Waals surface area contributed by atoms with Crippen molar-refractivity contribution in [2.75, 3.05) is 17.2 Å². The van der Waals surface area contributed by atoms with Crippen LogP contribution in [0.1, 0.15) is 46.0 Å². The summed E-state index contributed by atoms with van der Waals surface area (Å²) in [6.45, 7) is 5.06. The van der Waals surface area contributed by atoms with Gasteiger partial charge in [0.05, 0.1) is 10.0 Å². The summed E-state index contributed by atoms with van der Waals surface area (Å²) in [5.74, 6) is 2.15. The van der Waals surface area contributed by atoms with Crippen LogP contribution in [0.25, 0.3) is 0 Å². The third kappa shape index (κ3) is 3.70. The van der Waals surface area contributed by atoms with Gasteiger partial charge in [0, 0.05) is 12.6 Å². The van der Waals surface area contributed by atoms with Gasteiger partial charge in [-0.15, -0.1) is 0 Å². The highest BCUT2D eigenvalue weighted by Gasteiger charge is 2.24. The first kappa shape index (κ1) is 15.7. The number of hydrogen-bond acceptors (Lipinski definition) is 3. The van der Waals surface area contributed by atoms with E-state index in [0.717, 1.165) is 12.4 Å². The molecular formula is C15H23Cl2N3. The highest BCUT2D eigenvalue weighted by atomic mass is 35.5. The Morgan fingerprint density at radius 1 is 1.15 bits per heavy atom. The second-order valence-electron chi connectivity index (χ2n) is 5.38. The van der Waals surface area contributed by atoms with Crippen molar-refractivity contribution in [2.24, 2.45) is 5.92 Å². The molecule has 0 spiro atoms. The Hall–Kier alpha value is -0.670. The summed E-state index contributed by atoms with van der Waals surface area (Å²) >= 11 is 12.4.